The van der Waals surface area contributed by atoms with Crippen molar-refractivity contribution in [2.45, 2.75) is 32.5 Å². The van der Waals surface area contributed by atoms with E-state index in [0.717, 1.165) is 28.9 Å². The molecule has 0 radical (unpaired) electrons. The Balaban J connectivity index is 0.00000237. The van der Waals surface area contributed by atoms with E-state index in [9.17, 15) is 18.0 Å². The summed E-state index contributed by atoms with van der Waals surface area (Å²) in [6, 6.07) is 16.5. The van der Waals surface area contributed by atoms with E-state index in [0.29, 0.717) is 25.8 Å². The van der Waals surface area contributed by atoms with Crippen LogP contribution in [-0.2, 0) is 24.9 Å². The van der Waals surface area contributed by atoms with Gasteiger partial charge in [-0.2, -0.15) is 0 Å². The summed E-state index contributed by atoms with van der Waals surface area (Å²) in [6.07, 6.45) is 10.1. The van der Waals surface area contributed by atoms with Gasteiger partial charge in [-0.15, -0.1) is 12.8 Å². The van der Waals surface area contributed by atoms with Gasteiger partial charge in [-0.1, -0.05) is 0 Å². The summed E-state index contributed by atoms with van der Waals surface area (Å²) < 4.78 is 47.2. The Kier molecular flexibility index (Phi) is 11.7. The molecule has 6 nitrogen and oxygen atoms in total. The first kappa shape index (κ1) is 32.3. The fourth-order valence-electron chi connectivity index (χ4n) is 3.89. The Bertz CT molecular complexity index is 1570. The van der Waals surface area contributed by atoms with E-state index in [2.05, 4.69) is 40.0 Å². The van der Waals surface area contributed by atoms with Gasteiger partial charge in [0.05, 0.1) is 0 Å². The van der Waals surface area contributed by atoms with Gasteiger partial charge >= 0.3 is 237 Å². The predicted octanol–water partition coefficient (Wildman–Crippen LogP) is 6.02. The van der Waals surface area contributed by atoms with Gasteiger partial charge in [-0.05, 0) is 0 Å². The van der Waals surface area contributed by atoms with Gasteiger partial charge in [0.2, 0.25) is 0 Å². The minimum atomic E-state index is -4.48. The van der Waals surface area contributed by atoms with Crippen LogP contribution in [0.2, 0.25) is 0 Å². The van der Waals surface area contributed by atoms with Crippen molar-refractivity contribution in [3.63, 3.8) is 0 Å². The number of nitrogens with zero attached hydrogens (tertiary/aromatic N) is 2. The van der Waals surface area contributed by atoms with Crippen LogP contribution in [0.4, 0.5) is 18.9 Å². The molecule has 0 fully saturated rings. The molecule has 1 amide bonds. The molecule has 1 aromatic heterocycles. The van der Waals surface area contributed by atoms with E-state index >= 15 is 0 Å². The average molecular weight is 610 g/mol. The molecule has 3 aromatic rings. The summed E-state index contributed by atoms with van der Waals surface area (Å²) in [5.41, 5.74) is 3.31. The van der Waals surface area contributed by atoms with Gasteiger partial charge < -0.3 is 0 Å². The van der Waals surface area contributed by atoms with Crippen molar-refractivity contribution >= 4 is 31.7 Å². The van der Waals surface area contributed by atoms with Crippen molar-refractivity contribution < 1.29 is 38.1 Å². The molecular weight excluding hydrogens is 580 g/mol. The van der Waals surface area contributed by atoms with Crippen molar-refractivity contribution in [2.24, 2.45) is 0 Å². The molecule has 1 unspecified atom stereocenters. The van der Waals surface area contributed by atoms with Gasteiger partial charge in [0.15, 0.2) is 0 Å². The molecular formula is C32H29F3N4O2V. The molecule has 215 valence electrons. The zero-order chi connectivity index (χ0) is 30.7. The third kappa shape index (κ3) is 8.65. The number of halogens is 3. The van der Waals surface area contributed by atoms with Crippen LogP contribution in [0.25, 0.3) is 11.1 Å². The summed E-state index contributed by atoms with van der Waals surface area (Å²) in [4.78, 5) is 20.9. The van der Waals surface area contributed by atoms with Crippen LogP contribution >= 0.6 is 0 Å². The van der Waals surface area contributed by atoms with Gasteiger partial charge in [-0.3, -0.25) is 0 Å². The molecule has 2 N–H and O–H groups in total. The molecule has 1 atom stereocenters. The second-order valence-corrected chi connectivity index (χ2v) is 10.6. The topological polar surface area (TPSA) is 76.1 Å². The molecule has 1 aliphatic rings. The van der Waals surface area contributed by atoms with Crippen LogP contribution < -0.4 is 10.6 Å². The molecule has 0 saturated carbocycles. The monoisotopic (exact) mass is 609 g/mol. The fraction of sp³-hybridized carbons (Fsp3) is 0.156. The van der Waals surface area contributed by atoms with Crippen molar-refractivity contribution in [3.8, 4) is 12.8 Å². The number of para-hydroxylation sites is 1. The van der Waals surface area contributed by atoms with Gasteiger partial charge in [-0.25, -0.2) is 0 Å². The number of rotatable bonds is 10. The van der Waals surface area contributed by atoms with Crippen molar-refractivity contribution in [2.75, 3.05) is 5.32 Å². The van der Waals surface area contributed by atoms with E-state index in [1.165, 1.54) is 25.6 Å². The SMILES string of the molecule is C#C.C=C(c1ccccc1)c1ccccc1NC(=O)C(C)N[C]1=[V]=[C](C/C(=C\C(=C/C)C(F)(F)F)c2cncnc2)O1. The van der Waals surface area contributed by atoms with Gasteiger partial charge in [0.25, 0.3) is 0 Å². The zero-order valence-corrected chi connectivity index (χ0v) is 24.4. The second kappa shape index (κ2) is 15.2. The number of ether oxygens (including phenoxy) is 1. The molecule has 2 aromatic carbocycles. The van der Waals surface area contributed by atoms with Crippen LogP contribution in [0.3, 0.4) is 0 Å². The molecule has 1 aliphatic heterocycles. The van der Waals surface area contributed by atoms with E-state index in [1.54, 1.807) is 6.92 Å². The maximum atomic E-state index is 13.4. The predicted molar refractivity (Wildman–Crippen MR) is 158 cm³/mol. The molecule has 0 spiro atoms. The summed E-state index contributed by atoms with van der Waals surface area (Å²) in [5, 5.41) is 6.04. The number of amides is 1. The number of carbonyl (C=O) groups is 1. The van der Waals surface area contributed by atoms with Crippen LogP contribution in [0, 0.1) is 12.8 Å². The molecule has 42 heavy (non-hydrogen) atoms. The number of terminal acetylenes is 1. The average Bonchev–Trinajstić information content (AvgIpc) is 2.98. The molecule has 0 saturated heterocycles. The molecule has 2 heterocycles. The first-order chi connectivity index (χ1) is 20.2. The molecule has 4 rings (SSSR count). The van der Waals surface area contributed by atoms with Crippen LogP contribution in [0.1, 0.15) is 37.0 Å². The quantitative estimate of drug-likeness (QED) is 0.217. The third-order valence-electron chi connectivity index (χ3n) is 6.05. The van der Waals surface area contributed by atoms with E-state index in [1.807, 2.05) is 54.6 Å². The van der Waals surface area contributed by atoms with Crippen molar-refractivity contribution in [1.82, 2.24) is 15.3 Å². The van der Waals surface area contributed by atoms with Crippen molar-refractivity contribution in [3.05, 3.63) is 114 Å². The fourth-order valence-corrected chi connectivity index (χ4v) is 5.29. The first-order valence-electron chi connectivity index (χ1n) is 12.7. The van der Waals surface area contributed by atoms with Crippen molar-refractivity contribution in [1.29, 1.82) is 0 Å². The van der Waals surface area contributed by atoms with E-state index in [4.69, 9.17) is 4.74 Å². The molecule has 0 bridgehead atoms. The van der Waals surface area contributed by atoms with E-state index in [-0.39, 0.29) is 12.3 Å². The summed E-state index contributed by atoms with van der Waals surface area (Å²) >= 11 is -0.602. The zero-order valence-electron chi connectivity index (χ0n) is 23.0. The summed E-state index contributed by atoms with van der Waals surface area (Å²) in [7, 11) is 0. The second-order valence-electron chi connectivity index (χ2n) is 8.87. The first-order valence-corrected chi connectivity index (χ1v) is 14.1. The number of anilines is 1. The number of hydrogen-bond acceptors (Lipinski definition) is 5. The molecule has 10 heteroatoms. The minimum absolute atomic E-state index is 0.182. The Morgan fingerprint density at radius 3 is 2.31 bits per heavy atom. The van der Waals surface area contributed by atoms with Crippen LogP contribution in [0.15, 0.2) is 97.6 Å². The van der Waals surface area contributed by atoms with Crippen LogP contribution in [-0.4, -0.2) is 37.0 Å². The van der Waals surface area contributed by atoms with Gasteiger partial charge in [0.1, 0.15) is 0 Å². The number of nitrogens with one attached hydrogen (secondary N) is 2. The number of carbonyl (C=O) groups excluding carboxylic acids is 1. The number of aromatic nitrogens is 2. The van der Waals surface area contributed by atoms with Gasteiger partial charge in [0, 0.05) is 0 Å². The Hall–Kier alpha value is -4.20. The third-order valence-corrected chi connectivity index (χ3v) is 7.49. The van der Waals surface area contributed by atoms with E-state index < -0.39 is 33.2 Å². The Labute approximate surface area is 249 Å². The Morgan fingerprint density at radius 1 is 1.07 bits per heavy atom. The Morgan fingerprint density at radius 2 is 1.69 bits per heavy atom. The summed E-state index contributed by atoms with van der Waals surface area (Å²) in [6.45, 7) is 7.26. The van der Waals surface area contributed by atoms with Crippen LogP contribution in [0.5, 0.6) is 0 Å². The number of alkyl halides is 3. The number of hydrogen-bond donors (Lipinski definition) is 2. The normalized spacial score (nSPS) is 13.9. The number of allylic oxidation sites excluding steroid dienone is 3. The summed E-state index contributed by atoms with van der Waals surface area (Å²) in [5.74, 6) is -0.260. The standard InChI is InChI=1S/C30H27F3N4O2.C2H2.V/c1-4-26(30(31,32)33)16-24(25-17-34-19-35-18-25)14-15-39-20-36-22(3)29(38)37-28-13-9-8-12-27(28)21(2)23-10-6-5-7-11-23;1-2;/h4-13,16-19,22,36H,2,14H2,1,3H3,(H,37,38);1-2H;/b24-16+,26-4+;;. The maximum absolute atomic E-state index is 13.4. The molecule has 0 aliphatic carbocycles. The number of benzene rings is 2.